The smallest absolute Gasteiger partial charge is 0.179 e. The Balaban J connectivity index is 1.67. The Morgan fingerprint density at radius 1 is 1.00 bits per heavy atom. The van der Waals surface area contributed by atoms with Crippen LogP contribution in [-0.4, -0.2) is 36.4 Å². The summed E-state index contributed by atoms with van der Waals surface area (Å²) < 4.78 is 31.0. The number of rotatable bonds is 6. The molecule has 2 aromatic heterocycles. The Hall–Kier alpha value is -3.39. The van der Waals surface area contributed by atoms with Gasteiger partial charge in [0.25, 0.3) is 0 Å². The van der Waals surface area contributed by atoms with Crippen molar-refractivity contribution in [1.29, 1.82) is 0 Å². The number of nitrogens with zero attached hydrogens (tertiary/aromatic N) is 3. The fraction of sp³-hybridized carbons (Fsp3) is 0.143. The zero-order valence-electron chi connectivity index (χ0n) is 16.0. The largest absolute Gasteiger partial charge is 0.497 e. The van der Waals surface area contributed by atoms with E-state index in [9.17, 15) is 8.42 Å². The molecule has 2 aromatic carbocycles. The molecule has 0 saturated carbocycles. The second-order valence-electron chi connectivity index (χ2n) is 6.64. The minimum absolute atomic E-state index is 0.236. The molecule has 0 saturated heterocycles. The summed E-state index contributed by atoms with van der Waals surface area (Å²) in [6.45, 7) is 0. The zero-order chi connectivity index (χ0) is 20.4. The SMILES string of the molecule is COc1ccc(Cc2nc3c(Nc4ccccc4S(C)(=O)=O)cccn3n2)cc1. The van der Waals surface area contributed by atoms with E-state index in [1.807, 2.05) is 42.6 Å². The zero-order valence-corrected chi connectivity index (χ0v) is 16.8. The molecule has 0 aliphatic rings. The van der Waals surface area contributed by atoms with E-state index < -0.39 is 9.84 Å². The van der Waals surface area contributed by atoms with E-state index in [4.69, 9.17) is 4.74 Å². The molecule has 0 spiro atoms. The van der Waals surface area contributed by atoms with Gasteiger partial charge in [0.2, 0.25) is 0 Å². The average Bonchev–Trinajstić information content (AvgIpc) is 3.12. The molecule has 0 fully saturated rings. The maximum Gasteiger partial charge on any atom is 0.179 e. The van der Waals surface area contributed by atoms with E-state index in [0.29, 0.717) is 29.3 Å². The Morgan fingerprint density at radius 3 is 2.45 bits per heavy atom. The Morgan fingerprint density at radius 2 is 1.72 bits per heavy atom. The molecule has 0 radical (unpaired) electrons. The average molecular weight is 408 g/mol. The first-order chi connectivity index (χ1) is 13.9. The molecule has 4 aromatic rings. The van der Waals surface area contributed by atoms with Gasteiger partial charge in [0.15, 0.2) is 21.3 Å². The van der Waals surface area contributed by atoms with E-state index in [0.717, 1.165) is 11.3 Å². The van der Waals surface area contributed by atoms with Crippen LogP contribution in [-0.2, 0) is 16.3 Å². The maximum atomic E-state index is 12.1. The quantitative estimate of drug-likeness (QED) is 0.526. The lowest BCUT2D eigenvalue weighted by atomic mass is 10.1. The standard InChI is InChI=1S/C21H20N4O3S/c1-28-16-11-9-15(10-12-16)14-20-23-21-18(7-5-13-25(21)24-20)22-17-6-3-4-8-19(17)29(2,26)27/h3-13,22H,14H2,1-2H3. The van der Waals surface area contributed by atoms with Gasteiger partial charge in [0.05, 0.1) is 23.4 Å². The lowest BCUT2D eigenvalue weighted by Gasteiger charge is -2.11. The van der Waals surface area contributed by atoms with Gasteiger partial charge in [0, 0.05) is 18.9 Å². The van der Waals surface area contributed by atoms with Crippen LogP contribution in [0.5, 0.6) is 5.75 Å². The molecule has 0 aliphatic heterocycles. The number of nitrogens with one attached hydrogen (secondary N) is 1. The summed E-state index contributed by atoms with van der Waals surface area (Å²) in [6, 6.07) is 18.2. The number of aromatic nitrogens is 3. The number of methoxy groups -OCH3 is 1. The number of pyridine rings is 1. The number of para-hydroxylation sites is 1. The van der Waals surface area contributed by atoms with E-state index >= 15 is 0 Å². The van der Waals surface area contributed by atoms with E-state index in [1.165, 1.54) is 6.26 Å². The fourth-order valence-electron chi connectivity index (χ4n) is 3.09. The molecule has 0 bridgehead atoms. The van der Waals surface area contributed by atoms with Crippen LogP contribution >= 0.6 is 0 Å². The maximum absolute atomic E-state index is 12.1. The molecule has 148 valence electrons. The highest BCUT2D eigenvalue weighted by Gasteiger charge is 2.15. The molecule has 1 N–H and O–H groups in total. The molecule has 2 heterocycles. The van der Waals surface area contributed by atoms with Crippen molar-refractivity contribution in [2.24, 2.45) is 0 Å². The topological polar surface area (TPSA) is 85.6 Å². The van der Waals surface area contributed by atoms with Crippen molar-refractivity contribution in [2.45, 2.75) is 11.3 Å². The van der Waals surface area contributed by atoms with Gasteiger partial charge in [-0.2, -0.15) is 5.10 Å². The van der Waals surface area contributed by atoms with Gasteiger partial charge in [-0.05, 0) is 42.0 Å². The fourth-order valence-corrected chi connectivity index (χ4v) is 3.93. The molecular weight excluding hydrogens is 388 g/mol. The number of hydrogen-bond acceptors (Lipinski definition) is 6. The summed E-state index contributed by atoms with van der Waals surface area (Å²) in [5.74, 6) is 1.47. The number of ether oxygens (including phenoxy) is 1. The van der Waals surface area contributed by atoms with Crippen molar-refractivity contribution < 1.29 is 13.2 Å². The van der Waals surface area contributed by atoms with Gasteiger partial charge >= 0.3 is 0 Å². The van der Waals surface area contributed by atoms with Crippen LogP contribution in [0.4, 0.5) is 11.4 Å². The lowest BCUT2D eigenvalue weighted by Crippen LogP contribution is -2.03. The normalized spacial score (nSPS) is 11.5. The third kappa shape index (κ3) is 4.07. The molecule has 0 aliphatic carbocycles. The third-order valence-corrected chi connectivity index (χ3v) is 5.64. The number of fused-ring (bicyclic) bond motifs is 1. The van der Waals surface area contributed by atoms with Crippen LogP contribution < -0.4 is 10.1 Å². The molecule has 7 nitrogen and oxygen atoms in total. The van der Waals surface area contributed by atoms with Crippen LogP contribution in [0.15, 0.2) is 71.8 Å². The van der Waals surface area contributed by atoms with Crippen molar-refractivity contribution >= 4 is 26.9 Å². The summed E-state index contributed by atoms with van der Waals surface area (Å²) in [7, 11) is -1.73. The highest BCUT2D eigenvalue weighted by molar-refractivity contribution is 7.90. The van der Waals surface area contributed by atoms with Gasteiger partial charge in [-0.1, -0.05) is 24.3 Å². The number of benzene rings is 2. The Kier molecular flexibility index (Phi) is 4.94. The number of hydrogen-bond donors (Lipinski definition) is 1. The van der Waals surface area contributed by atoms with Crippen molar-refractivity contribution in [2.75, 3.05) is 18.7 Å². The summed E-state index contributed by atoms with van der Waals surface area (Å²) >= 11 is 0. The molecule has 4 rings (SSSR count). The number of sulfone groups is 1. The third-order valence-electron chi connectivity index (χ3n) is 4.48. The van der Waals surface area contributed by atoms with E-state index in [2.05, 4.69) is 15.4 Å². The minimum atomic E-state index is -3.36. The highest BCUT2D eigenvalue weighted by Crippen LogP contribution is 2.27. The summed E-state index contributed by atoms with van der Waals surface area (Å²) in [4.78, 5) is 4.88. The lowest BCUT2D eigenvalue weighted by molar-refractivity contribution is 0.414. The summed E-state index contributed by atoms with van der Waals surface area (Å²) in [6.07, 6.45) is 3.58. The second-order valence-corrected chi connectivity index (χ2v) is 8.62. The Labute approximate surface area is 168 Å². The number of anilines is 2. The predicted molar refractivity (Wildman–Crippen MR) is 112 cm³/mol. The molecular formula is C21H20N4O3S. The van der Waals surface area contributed by atoms with Crippen LogP contribution in [0, 0.1) is 0 Å². The van der Waals surface area contributed by atoms with Crippen LogP contribution in [0.2, 0.25) is 0 Å². The first-order valence-corrected chi connectivity index (χ1v) is 10.9. The van der Waals surface area contributed by atoms with Gasteiger partial charge in [0.1, 0.15) is 5.75 Å². The summed E-state index contributed by atoms with van der Waals surface area (Å²) in [5.41, 5.74) is 2.87. The predicted octanol–water partition coefficient (Wildman–Crippen LogP) is 3.48. The van der Waals surface area contributed by atoms with Crippen molar-refractivity contribution in [3.63, 3.8) is 0 Å². The van der Waals surface area contributed by atoms with E-state index in [-0.39, 0.29) is 4.90 Å². The monoisotopic (exact) mass is 408 g/mol. The molecule has 0 atom stereocenters. The molecule has 0 unspecified atom stereocenters. The second kappa shape index (κ2) is 7.56. The van der Waals surface area contributed by atoms with Gasteiger partial charge in [-0.25, -0.2) is 17.9 Å². The summed E-state index contributed by atoms with van der Waals surface area (Å²) in [5, 5.41) is 7.74. The Bertz CT molecular complexity index is 1260. The molecule has 0 amide bonds. The van der Waals surface area contributed by atoms with Crippen molar-refractivity contribution in [3.05, 3.63) is 78.2 Å². The van der Waals surface area contributed by atoms with Gasteiger partial charge in [-0.3, -0.25) is 0 Å². The van der Waals surface area contributed by atoms with Crippen molar-refractivity contribution in [1.82, 2.24) is 14.6 Å². The van der Waals surface area contributed by atoms with Gasteiger partial charge in [-0.15, -0.1) is 0 Å². The first-order valence-electron chi connectivity index (χ1n) is 8.97. The minimum Gasteiger partial charge on any atom is -0.497 e. The van der Waals surface area contributed by atoms with Crippen molar-refractivity contribution in [3.8, 4) is 5.75 Å². The van der Waals surface area contributed by atoms with Crippen LogP contribution in [0.3, 0.4) is 0 Å². The van der Waals surface area contributed by atoms with Crippen LogP contribution in [0.1, 0.15) is 11.4 Å². The first kappa shape index (κ1) is 18.9. The molecule has 29 heavy (non-hydrogen) atoms. The van der Waals surface area contributed by atoms with Crippen LogP contribution in [0.25, 0.3) is 5.65 Å². The molecule has 8 heteroatoms. The van der Waals surface area contributed by atoms with E-state index in [1.54, 1.807) is 35.9 Å². The van der Waals surface area contributed by atoms with Gasteiger partial charge < -0.3 is 10.1 Å². The highest BCUT2D eigenvalue weighted by atomic mass is 32.2.